The second-order valence-corrected chi connectivity index (χ2v) is 8.96. The highest BCUT2D eigenvalue weighted by Gasteiger charge is 2.25. The van der Waals surface area contributed by atoms with Gasteiger partial charge in [0, 0.05) is 45.3 Å². The minimum absolute atomic E-state index is 0.0272. The van der Waals surface area contributed by atoms with Crippen LogP contribution in [0.5, 0.6) is 11.6 Å². The van der Waals surface area contributed by atoms with Gasteiger partial charge in [0.05, 0.1) is 24.6 Å². The van der Waals surface area contributed by atoms with E-state index in [1.165, 1.54) is 0 Å². The Balaban J connectivity index is 1.70. The fourth-order valence-electron chi connectivity index (χ4n) is 4.30. The van der Waals surface area contributed by atoms with E-state index in [4.69, 9.17) is 14.7 Å². The molecule has 35 heavy (non-hydrogen) atoms. The monoisotopic (exact) mass is 482 g/mol. The van der Waals surface area contributed by atoms with Gasteiger partial charge in [0.25, 0.3) is 0 Å². The van der Waals surface area contributed by atoms with E-state index in [0.29, 0.717) is 55.5 Å². The van der Waals surface area contributed by atoms with Gasteiger partial charge in [-0.3, -0.25) is 4.79 Å². The lowest BCUT2D eigenvalue weighted by Gasteiger charge is -2.34. The lowest BCUT2D eigenvalue weighted by Crippen LogP contribution is -2.48. The minimum Gasteiger partial charge on any atom is -0.494 e. The normalized spacial score (nSPS) is 15.0. The molecule has 3 heterocycles. The largest absolute Gasteiger partial charge is 0.494 e. The number of ether oxygens (including phenoxy) is 1. The van der Waals surface area contributed by atoms with Crippen molar-refractivity contribution < 1.29 is 19.7 Å². The first-order valence-electron chi connectivity index (χ1n) is 12.0. The molecule has 10 nitrogen and oxygen atoms in total. The van der Waals surface area contributed by atoms with Gasteiger partial charge in [-0.15, -0.1) is 0 Å². The van der Waals surface area contributed by atoms with Crippen molar-refractivity contribution >= 4 is 28.6 Å². The van der Waals surface area contributed by atoms with Crippen LogP contribution < -0.4 is 15.0 Å². The average molecular weight is 483 g/mol. The molecule has 4 rings (SSSR count). The van der Waals surface area contributed by atoms with Crippen molar-refractivity contribution in [1.82, 2.24) is 19.4 Å². The van der Waals surface area contributed by atoms with Crippen molar-refractivity contribution in [3.05, 3.63) is 36.0 Å². The van der Waals surface area contributed by atoms with Gasteiger partial charge in [-0.1, -0.05) is 12.1 Å². The van der Waals surface area contributed by atoms with Crippen molar-refractivity contribution in [3.63, 3.8) is 0 Å². The van der Waals surface area contributed by atoms with Crippen LogP contribution in [-0.4, -0.2) is 74.9 Å². The number of benzene rings is 1. The molecule has 1 aliphatic heterocycles. The number of carbonyl (C=O) groups is 1. The van der Waals surface area contributed by atoms with Crippen LogP contribution in [0.2, 0.25) is 0 Å². The zero-order valence-electron chi connectivity index (χ0n) is 20.7. The molecule has 1 fully saturated rings. The molecule has 3 aromatic rings. The summed E-state index contributed by atoms with van der Waals surface area (Å²) in [6.07, 6.45) is 1.84. The van der Waals surface area contributed by atoms with Gasteiger partial charge in [-0.05, 0) is 38.5 Å². The molecule has 0 aliphatic carbocycles. The Kier molecular flexibility index (Phi) is 7.30. The number of nitrogens with zero attached hydrogens (tertiary/aromatic N) is 5. The number of amides is 1. The van der Waals surface area contributed by atoms with E-state index in [9.17, 15) is 15.0 Å². The summed E-state index contributed by atoms with van der Waals surface area (Å²) in [5, 5.41) is 25.2. The summed E-state index contributed by atoms with van der Waals surface area (Å²) in [6, 6.07) is 7.18. The first-order chi connectivity index (χ1) is 16.8. The van der Waals surface area contributed by atoms with Crippen LogP contribution in [0.4, 0.5) is 11.8 Å². The Morgan fingerprint density at radius 1 is 1.14 bits per heavy atom. The van der Waals surface area contributed by atoms with E-state index in [-0.39, 0.29) is 24.4 Å². The van der Waals surface area contributed by atoms with E-state index in [2.05, 4.69) is 5.32 Å². The first kappa shape index (κ1) is 24.6. The highest BCUT2D eigenvalue weighted by Crippen LogP contribution is 2.35. The number of anilines is 2. The van der Waals surface area contributed by atoms with Crippen LogP contribution in [0.25, 0.3) is 10.9 Å². The lowest BCUT2D eigenvalue weighted by atomic mass is 10.1. The van der Waals surface area contributed by atoms with Crippen LogP contribution in [-0.2, 0) is 4.79 Å². The van der Waals surface area contributed by atoms with E-state index in [1.807, 2.05) is 56.1 Å². The Hall–Kier alpha value is -3.53. The Morgan fingerprint density at radius 3 is 2.40 bits per heavy atom. The van der Waals surface area contributed by atoms with Crippen molar-refractivity contribution in [2.75, 3.05) is 49.6 Å². The average Bonchev–Trinajstić information content (AvgIpc) is 3.20. The van der Waals surface area contributed by atoms with Crippen molar-refractivity contribution in [2.24, 2.45) is 0 Å². The fourth-order valence-corrected chi connectivity index (χ4v) is 4.30. The molecule has 0 saturated carbocycles. The number of hydrogen-bond donors (Lipinski definition) is 3. The molecular weight excluding hydrogens is 448 g/mol. The summed E-state index contributed by atoms with van der Waals surface area (Å²) in [7, 11) is 0. The Bertz CT molecular complexity index is 1170. The van der Waals surface area contributed by atoms with Crippen LogP contribution in [0, 0.1) is 0 Å². The third-order valence-corrected chi connectivity index (χ3v) is 6.31. The van der Waals surface area contributed by atoms with Gasteiger partial charge in [0.15, 0.2) is 0 Å². The molecule has 1 amide bonds. The van der Waals surface area contributed by atoms with Crippen LogP contribution in [0.15, 0.2) is 30.5 Å². The molecular formula is C25H34N6O4. The molecule has 0 bridgehead atoms. The molecule has 1 aromatic carbocycles. The van der Waals surface area contributed by atoms with Crippen molar-refractivity contribution in [1.29, 1.82) is 0 Å². The molecule has 0 radical (unpaired) electrons. The summed E-state index contributed by atoms with van der Waals surface area (Å²) in [5.41, 5.74) is 1.33. The molecule has 0 spiro atoms. The highest BCUT2D eigenvalue weighted by molar-refractivity contribution is 5.94. The molecule has 1 atom stereocenters. The summed E-state index contributed by atoms with van der Waals surface area (Å²) >= 11 is 0. The van der Waals surface area contributed by atoms with Crippen molar-refractivity contribution in [2.45, 2.75) is 39.8 Å². The minimum atomic E-state index is -0.421. The van der Waals surface area contributed by atoms with E-state index >= 15 is 0 Å². The second-order valence-electron chi connectivity index (χ2n) is 8.96. The van der Waals surface area contributed by atoms with Crippen LogP contribution >= 0.6 is 0 Å². The van der Waals surface area contributed by atoms with Crippen molar-refractivity contribution in [3.8, 4) is 11.6 Å². The van der Waals surface area contributed by atoms with E-state index in [0.717, 1.165) is 11.3 Å². The number of aliphatic hydroxyl groups is 1. The van der Waals surface area contributed by atoms with Gasteiger partial charge in [-0.2, -0.15) is 4.98 Å². The number of fused-ring (bicyclic) bond motifs is 1. The van der Waals surface area contributed by atoms with Gasteiger partial charge in [0.1, 0.15) is 17.1 Å². The summed E-state index contributed by atoms with van der Waals surface area (Å²) in [5.74, 6) is 1.90. The standard InChI is InChI=1S/C25H34N6O4/c1-5-35-19-8-6-18(7-9-19)21(15-32)26-23-20-14-31(16(2)3)24(34)22(20)27-25(28-23)30-12-10-29(11-13-30)17(4)33/h6-9,14,16,21,32,34H,5,10-13,15H2,1-4H3,(H,26,27,28)/t21-/m1/s1. The summed E-state index contributed by atoms with van der Waals surface area (Å²) in [4.78, 5) is 25.0. The lowest BCUT2D eigenvalue weighted by molar-refractivity contribution is -0.129. The molecule has 2 aromatic heterocycles. The number of aromatic nitrogens is 3. The third-order valence-electron chi connectivity index (χ3n) is 6.31. The maximum Gasteiger partial charge on any atom is 0.228 e. The number of nitrogens with one attached hydrogen (secondary N) is 1. The smallest absolute Gasteiger partial charge is 0.228 e. The summed E-state index contributed by atoms with van der Waals surface area (Å²) < 4.78 is 7.29. The maximum absolute atomic E-state index is 11.7. The SMILES string of the molecule is CCOc1ccc([C@@H](CO)Nc2nc(N3CCN(C(C)=O)CC3)nc3c(O)n(C(C)C)cc23)cc1. The number of hydrogen-bond acceptors (Lipinski definition) is 8. The number of aromatic hydroxyl groups is 1. The molecule has 10 heteroatoms. The number of carbonyl (C=O) groups excluding carboxylic acids is 1. The van der Waals surface area contributed by atoms with Gasteiger partial charge < -0.3 is 34.6 Å². The zero-order valence-corrected chi connectivity index (χ0v) is 20.7. The summed E-state index contributed by atoms with van der Waals surface area (Å²) in [6.45, 7) is 10.3. The second kappa shape index (κ2) is 10.4. The maximum atomic E-state index is 11.7. The highest BCUT2D eigenvalue weighted by atomic mass is 16.5. The molecule has 1 saturated heterocycles. The number of rotatable bonds is 8. The molecule has 0 unspecified atom stereocenters. The van der Waals surface area contributed by atoms with Gasteiger partial charge >= 0.3 is 0 Å². The van der Waals surface area contributed by atoms with Crippen LogP contribution in [0.3, 0.4) is 0 Å². The molecule has 3 N–H and O–H groups in total. The third kappa shape index (κ3) is 5.12. The number of piperazine rings is 1. The Morgan fingerprint density at radius 2 is 1.83 bits per heavy atom. The topological polar surface area (TPSA) is 116 Å². The zero-order chi connectivity index (χ0) is 25.1. The van der Waals surface area contributed by atoms with E-state index in [1.54, 1.807) is 16.4 Å². The molecule has 188 valence electrons. The predicted molar refractivity (Wildman–Crippen MR) is 135 cm³/mol. The first-order valence-corrected chi connectivity index (χ1v) is 12.0. The predicted octanol–water partition coefficient (Wildman–Crippen LogP) is 2.93. The fraction of sp³-hybridized carbons (Fsp3) is 0.480. The Labute approximate surface area is 205 Å². The van der Waals surface area contributed by atoms with E-state index < -0.39 is 6.04 Å². The van der Waals surface area contributed by atoms with Crippen LogP contribution in [0.1, 0.15) is 45.3 Å². The number of aliphatic hydroxyl groups excluding tert-OH is 1. The molecule has 1 aliphatic rings. The van der Waals surface area contributed by atoms with Gasteiger partial charge in [-0.25, -0.2) is 4.98 Å². The quantitative estimate of drug-likeness (QED) is 0.449. The van der Waals surface area contributed by atoms with Gasteiger partial charge in [0.2, 0.25) is 17.7 Å².